The number of benzene rings is 1. The molecule has 0 aliphatic rings. The second-order valence-corrected chi connectivity index (χ2v) is 3.73. The zero-order valence-corrected chi connectivity index (χ0v) is 10.1. The summed E-state index contributed by atoms with van der Waals surface area (Å²) in [6.45, 7) is 0.266. The average Bonchev–Trinajstić information content (AvgIpc) is 2.36. The zero-order valence-electron chi connectivity index (χ0n) is 10.1. The van der Waals surface area contributed by atoms with Gasteiger partial charge in [0, 0.05) is 19.3 Å². The van der Waals surface area contributed by atoms with Crippen LogP contribution in [0, 0.1) is 0 Å². The van der Waals surface area contributed by atoms with Crippen molar-refractivity contribution >= 4 is 17.6 Å². The fraction of sp³-hybridized carbons (Fsp3) is 0.333. The number of methoxy groups -OCH3 is 1. The van der Waals surface area contributed by atoms with Crippen LogP contribution in [0.1, 0.15) is 16.8 Å². The summed E-state index contributed by atoms with van der Waals surface area (Å²) in [5.74, 6) is -1.23. The Morgan fingerprint density at radius 3 is 2.44 bits per heavy atom. The number of carboxylic acids is 1. The molecular weight excluding hydrogens is 236 g/mol. The molecule has 6 nitrogen and oxygen atoms in total. The minimum absolute atomic E-state index is 0.160. The lowest BCUT2D eigenvalue weighted by Gasteiger charge is -2.12. The van der Waals surface area contributed by atoms with Crippen molar-refractivity contribution in [2.75, 3.05) is 19.0 Å². The van der Waals surface area contributed by atoms with Crippen molar-refractivity contribution in [2.24, 2.45) is 5.73 Å². The van der Waals surface area contributed by atoms with Crippen LogP contribution in [-0.4, -0.2) is 36.7 Å². The number of carbonyl (C=O) groups is 2. The molecule has 6 heteroatoms. The van der Waals surface area contributed by atoms with Gasteiger partial charge in [-0.1, -0.05) is 0 Å². The van der Waals surface area contributed by atoms with Crippen molar-refractivity contribution in [2.45, 2.75) is 12.5 Å². The maximum atomic E-state index is 11.6. The number of anilines is 1. The fourth-order valence-electron chi connectivity index (χ4n) is 1.38. The van der Waals surface area contributed by atoms with Crippen LogP contribution < -0.4 is 11.1 Å². The number of nitrogens with one attached hydrogen (secondary N) is 1. The first-order chi connectivity index (χ1) is 8.56. The number of nitrogens with two attached hydrogens (primary N) is 1. The van der Waals surface area contributed by atoms with Crippen molar-refractivity contribution in [3.63, 3.8) is 0 Å². The number of carboxylic acid groups (broad SMARTS) is 1. The predicted molar refractivity (Wildman–Crippen MR) is 66.5 cm³/mol. The number of aromatic carboxylic acids is 1. The van der Waals surface area contributed by atoms with Gasteiger partial charge in [-0.15, -0.1) is 0 Å². The summed E-state index contributed by atoms with van der Waals surface area (Å²) in [4.78, 5) is 22.2. The Balaban J connectivity index is 2.56. The summed E-state index contributed by atoms with van der Waals surface area (Å²) in [5.41, 5.74) is 6.12. The van der Waals surface area contributed by atoms with E-state index in [1.165, 1.54) is 31.4 Å². The quantitative estimate of drug-likeness (QED) is 0.691. The van der Waals surface area contributed by atoms with Crippen molar-refractivity contribution < 1.29 is 19.4 Å². The highest BCUT2D eigenvalue weighted by Gasteiger charge is 2.11. The normalized spacial score (nSPS) is 11.9. The molecular formula is C12H16N2O4. The van der Waals surface area contributed by atoms with Gasteiger partial charge in [0.25, 0.3) is 0 Å². The van der Waals surface area contributed by atoms with E-state index in [0.29, 0.717) is 5.69 Å². The van der Waals surface area contributed by atoms with Gasteiger partial charge in [0.2, 0.25) is 5.91 Å². The molecule has 98 valence electrons. The molecule has 0 saturated carbocycles. The standard InChI is InChI=1S/C12H16N2O4/c1-18-10(7-13)6-11(15)14-9-4-2-8(3-5-9)12(16)17/h2-5,10H,6-7,13H2,1H3,(H,14,15)(H,16,17). The van der Waals surface area contributed by atoms with Crippen molar-refractivity contribution in [1.29, 1.82) is 0 Å². The molecule has 0 heterocycles. The lowest BCUT2D eigenvalue weighted by Crippen LogP contribution is -2.28. The third-order valence-electron chi connectivity index (χ3n) is 2.42. The highest BCUT2D eigenvalue weighted by Crippen LogP contribution is 2.10. The van der Waals surface area contributed by atoms with E-state index in [4.69, 9.17) is 15.6 Å². The van der Waals surface area contributed by atoms with E-state index in [0.717, 1.165) is 0 Å². The molecule has 1 amide bonds. The van der Waals surface area contributed by atoms with Gasteiger partial charge in [0.1, 0.15) is 0 Å². The number of hydrogen-bond acceptors (Lipinski definition) is 4. The second-order valence-electron chi connectivity index (χ2n) is 3.73. The van der Waals surface area contributed by atoms with Crippen LogP contribution in [0.15, 0.2) is 24.3 Å². The van der Waals surface area contributed by atoms with E-state index < -0.39 is 5.97 Å². The first-order valence-electron chi connectivity index (χ1n) is 5.43. The van der Waals surface area contributed by atoms with Crippen LogP contribution in [0.3, 0.4) is 0 Å². The molecule has 4 N–H and O–H groups in total. The predicted octanol–water partition coefficient (Wildman–Crippen LogP) is 0.687. The van der Waals surface area contributed by atoms with Crippen LogP contribution >= 0.6 is 0 Å². The molecule has 0 saturated heterocycles. The molecule has 1 aromatic carbocycles. The lowest BCUT2D eigenvalue weighted by atomic mass is 10.2. The Morgan fingerprint density at radius 1 is 1.39 bits per heavy atom. The largest absolute Gasteiger partial charge is 0.478 e. The van der Waals surface area contributed by atoms with Gasteiger partial charge in [0.15, 0.2) is 0 Å². The van der Waals surface area contributed by atoms with Crippen molar-refractivity contribution in [1.82, 2.24) is 0 Å². The Bertz CT molecular complexity index is 413. The van der Waals surface area contributed by atoms with Gasteiger partial charge < -0.3 is 20.9 Å². The Labute approximate surface area is 105 Å². The molecule has 1 rings (SSSR count). The molecule has 0 bridgehead atoms. The molecule has 1 atom stereocenters. The molecule has 1 unspecified atom stereocenters. The molecule has 18 heavy (non-hydrogen) atoms. The number of rotatable bonds is 6. The van der Waals surface area contributed by atoms with Gasteiger partial charge in [-0.3, -0.25) is 4.79 Å². The van der Waals surface area contributed by atoms with Crippen LogP contribution in [0.4, 0.5) is 5.69 Å². The van der Waals surface area contributed by atoms with Gasteiger partial charge in [-0.25, -0.2) is 4.79 Å². The second kappa shape index (κ2) is 6.73. The fourth-order valence-corrected chi connectivity index (χ4v) is 1.38. The highest BCUT2D eigenvalue weighted by molar-refractivity contribution is 5.92. The zero-order chi connectivity index (χ0) is 13.5. The first-order valence-corrected chi connectivity index (χ1v) is 5.43. The van der Waals surface area contributed by atoms with E-state index in [9.17, 15) is 9.59 Å². The van der Waals surface area contributed by atoms with E-state index in [2.05, 4.69) is 5.32 Å². The van der Waals surface area contributed by atoms with Crippen LogP contribution in [0.2, 0.25) is 0 Å². The summed E-state index contributed by atoms with van der Waals surface area (Å²) < 4.78 is 4.99. The summed E-state index contributed by atoms with van der Waals surface area (Å²) in [6.07, 6.45) is -0.156. The third kappa shape index (κ3) is 4.15. The number of amides is 1. The Hall–Kier alpha value is -1.92. The minimum Gasteiger partial charge on any atom is -0.478 e. The maximum Gasteiger partial charge on any atom is 0.335 e. The molecule has 0 radical (unpaired) electrons. The summed E-state index contributed by atoms with van der Waals surface area (Å²) in [7, 11) is 1.49. The van der Waals surface area contributed by atoms with E-state index in [-0.39, 0.29) is 30.5 Å². The van der Waals surface area contributed by atoms with Gasteiger partial charge in [0.05, 0.1) is 18.1 Å². The summed E-state index contributed by atoms with van der Waals surface area (Å²) >= 11 is 0. The highest BCUT2D eigenvalue weighted by atomic mass is 16.5. The Morgan fingerprint density at radius 2 is 2.00 bits per heavy atom. The topological polar surface area (TPSA) is 102 Å². The van der Waals surface area contributed by atoms with Crippen molar-refractivity contribution in [3.8, 4) is 0 Å². The number of ether oxygens (including phenoxy) is 1. The molecule has 0 aliphatic heterocycles. The van der Waals surface area contributed by atoms with Gasteiger partial charge in [-0.2, -0.15) is 0 Å². The van der Waals surface area contributed by atoms with Crippen LogP contribution in [0.25, 0.3) is 0 Å². The molecule has 0 fully saturated rings. The lowest BCUT2D eigenvalue weighted by molar-refractivity contribution is -0.118. The van der Waals surface area contributed by atoms with Crippen molar-refractivity contribution in [3.05, 3.63) is 29.8 Å². The number of hydrogen-bond donors (Lipinski definition) is 3. The number of carbonyl (C=O) groups excluding carboxylic acids is 1. The van der Waals surface area contributed by atoms with Crippen LogP contribution in [-0.2, 0) is 9.53 Å². The molecule has 1 aromatic rings. The van der Waals surface area contributed by atoms with Gasteiger partial charge in [-0.05, 0) is 24.3 Å². The first kappa shape index (κ1) is 14.1. The van der Waals surface area contributed by atoms with Gasteiger partial charge >= 0.3 is 5.97 Å². The average molecular weight is 252 g/mol. The summed E-state index contributed by atoms with van der Waals surface area (Å²) in [6, 6.07) is 5.92. The smallest absolute Gasteiger partial charge is 0.335 e. The monoisotopic (exact) mass is 252 g/mol. The SMILES string of the molecule is COC(CN)CC(=O)Nc1ccc(C(=O)O)cc1. The molecule has 0 spiro atoms. The van der Waals surface area contributed by atoms with Crippen LogP contribution in [0.5, 0.6) is 0 Å². The molecule has 0 aliphatic carbocycles. The van der Waals surface area contributed by atoms with E-state index >= 15 is 0 Å². The van der Waals surface area contributed by atoms with E-state index in [1.54, 1.807) is 0 Å². The summed E-state index contributed by atoms with van der Waals surface area (Å²) in [5, 5.41) is 11.4. The molecule has 0 aromatic heterocycles. The Kier molecular flexibility index (Phi) is 5.29. The van der Waals surface area contributed by atoms with E-state index in [1.807, 2.05) is 0 Å². The maximum absolute atomic E-state index is 11.6. The third-order valence-corrected chi connectivity index (χ3v) is 2.42. The minimum atomic E-state index is -1.00.